The maximum absolute atomic E-state index is 13.3. The molecular weight excluding hydrogens is 528 g/mol. The Morgan fingerprint density at radius 3 is 2.57 bits per heavy atom. The zero-order valence-corrected chi connectivity index (χ0v) is 24.0. The van der Waals surface area contributed by atoms with E-state index >= 15 is 0 Å². The van der Waals surface area contributed by atoms with Crippen LogP contribution in [-0.2, 0) is 6.54 Å². The molecule has 0 unspecified atom stereocenters. The summed E-state index contributed by atoms with van der Waals surface area (Å²) in [5.41, 5.74) is 6.43. The summed E-state index contributed by atoms with van der Waals surface area (Å²) < 4.78 is 1.92. The van der Waals surface area contributed by atoms with Gasteiger partial charge in [0.25, 0.3) is 0 Å². The van der Waals surface area contributed by atoms with E-state index in [1.165, 1.54) is 16.9 Å². The number of fused-ring (bicyclic) bond motifs is 1. The molecular formula is C31H34N10O. The summed E-state index contributed by atoms with van der Waals surface area (Å²) in [4.78, 5) is 30.5. The van der Waals surface area contributed by atoms with E-state index in [9.17, 15) is 4.79 Å². The van der Waals surface area contributed by atoms with Crippen LogP contribution in [0.15, 0.2) is 73.1 Å². The van der Waals surface area contributed by atoms with Crippen molar-refractivity contribution in [2.45, 2.75) is 20.4 Å². The molecule has 2 aromatic carbocycles. The van der Waals surface area contributed by atoms with Crippen molar-refractivity contribution in [1.82, 2.24) is 30.0 Å². The molecule has 1 saturated heterocycles. The van der Waals surface area contributed by atoms with Crippen LogP contribution in [-0.4, -0.2) is 64.0 Å². The van der Waals surface area contributed by atoms with Crippen LogP contribution >= 0.6 is 0 Å². The molecule has 214 valence electrons. The number of hydrogen-bond donors (Lipinski definition) is 3. The molecule has 6 rings (SSSR count). The van der Waals surface area contributed by atoms with E-state index in [-0.39, 0.29) is 6.03 Å². The molecule has 0 bridgehead atoms. The Kier molecular flexibility index (Phi) is 7.65. The molecule has 1 aliphatic heterocycles. The van der Waals surface area contributed by atoms with Crippen molar-refractivity contribution in [2.24, 2.45) is 0 Å². The second-order valence-electron chi connectivity index (χ2n) is 10.4. The minimum atomic E-state index is -0.319. The number of piperazine rings is 1. The molecule has 0 spiro atoms. The van der Waals surface area contributed by atoms with Crippen LogP contribution in [0, 0.1) is 13.8 Å². The molecule has 0 radical (unpaired) electrons. The standard InChI is InChI=1S/C31H34N10O/c1-21-6-4-7-24(35-21)19-41-27-9-5-8-26(30(27)22(2)38-41)37-31(42)39(3)29-18-28(33-20-34-29)36-23-10-12-25(13-11-23)40-16-14-32-15-17-40/h4-13,18,20,32H,14-17,19H2,1-3H3,(H,37,42)(H,33,34,36). The Bertz CT molecular complexity index is 1710. The smallest absolute Gasteiger partial charge is 0.327 e. The Labute approximate surface area is 244 Å². The second kappa shape index (κ2) is 11.8. The van der Waals surface area contributed by atoms with Crippen molar-refractivity contribution < 1.29 is 4.79 Å². The van der Waals surface area contributed by atoms with Crippen LogP contribution in [0.2, 0.25) is 0 Å². The molecule has 0 atom stereocenters. The molecule has 5 aromatic rings. The number of rotatable bonds is 7. The lowest BCUT2D eigenvalue weighted by atomic mass is 10.1. The van der Waals surface area contributed by atoms with E-state index in [4.69, 9.17) is 5.10 Å². The van der Waals surface area contributed by atoms with E-state index in [1.807, 2.05) is 67.1 Å². The van der Waals surface area contributed by atoms with Crippen molar-refractivity contribution >= 4 is 45.6 Å². The predicted octanol–water partition coefficient (Wildman–Crippen LogP) is 4.71. The lowest BCUT2D eigenvalue weighted by molar-refractivity contribution is 0.258. The van der Waals surface area contributed by atoms with Crippen LogP contribution in [0.4, 0.5) is 33.5 Å². The zero-order valence-electron chi connectivity index (χ0n) is 24.0. The fourth-order valence-corrected chi connectivity index (χ4v) is 5.21. The molecule has 0 aliphatic carbocycles. The van der Waals surface area contributed by atoms with Gasteiger partial charge >= 0.3 is 6.03 Å². The number of urea groups is 1. The molecule has 3 N–H and O–H groups in total. The highest BCUT2D eigenvalue weighted by atomic mass is 16.2. The Hall–Kier alpha value is -5.03. The van der Waals surface area contributed by atoms with Crippen molar-refractivity contribution in [3.8, 4) is 0 Å². The molecule has 0 saturated carbocycles. The fourth-order valence-electron chi connectivity index (χ4n) is 5.21. The number of aromatic nitrogens is 5. The monoisotopic (exact) mass is 562 g/mol. The van der Waals surface area contributed by atoms with Gasteiger partial charge in [0.1, 0.15) is 18.0 Å². The molecule has 4 heterocycles. The average molecular weight is 563 g/mol. The first-order valence-electron chi connectivity index (χ1n) is 14.0. The number of anilines is 5. The first-order valence-corrected chi connectivity index (χ1v) is 14.0. The van der Waals surface area contributed by atoms with E-state index in [0.717, 1.165) is 59.9 Å². The Morgan fingerprint density at radius 2 is 1.79 bits per heavy atom. The van der Waals surface area contributed by atoms with E-state index in [2.05, 4.69) is 47.9 Å². The van der Waals surface area contributed by atoms with E-state index in [0.29, 0.717) is 23.9 Å². The van der Waals surface area contributed by atoms with Gasteiger partial charge in [-0.25, -0.2) is 14.8 Å². The Balaban J connectivity index is 1.15. The number of nitrogens with one attached hydrogen (secondary N) is 3. The highest BCUT2D eigenvalue weighted by Crippen LogP contribution is 2.28. The first kappa shape index (κ1) is 27.2. The minimum Gasteiger partial charge on any atom is -0.369 e. The summed E-state index contributed by atoms with van der Waals surface area (Å²) in [7, 11) is 1.68. The van der Waals surface area contributed by atoms with Crippen molar-refractivity contribution in [3.63, 3.8) is 0 Å². The molecule has 1 fully saturated rings. The number of nitrogens with zero attached hydrogens (tertiary/aromatic N) is 7. The van der Waals surface area contributed by atoms with Crippen LogP contribution in [0.5, 0.6) is 0 Å². The van der Waals surface area contributed by atoms with Crippen LogP contribution in [0.1, 0.15) is 17.1 Å². The molecule has 42 heavy (non-hydrogen) atoms. The third-order valence-electron chi connectivity index (χ3n) is 7.38. The van der Waals surface area contributed by atoms with Gasteiger partial charge in [0.05, 0.1) is 29.1 Å². The van der Waals surface area contributed by atoms with Gasteiger partial charge in [0.15, 0.2) is 0 Å². The number of benzene rings is 2. The largest absolute Gasteiger partial charge is 0.369 e. The Morgan fingerprint density at radius 1 is 1.00 bits per heavy atom. The highest BCUT2D eigenvalue weighted by molar-refractivity contribution is 6.07. The maximum Gasteiger partial charge on any atom is 0.327 e. The van der Waals surface area contributed by atoms with Gasteiger partial charge in [-0.05, 0) is 62.4 Å². The lowest BCUT2D eigenvalue weighted by Gasteiger charge is -2.29. The van der Waals surface area contributed by atoms with Gasteiger partial charge in [0.2, 0.25) is 0 Å². The number of hydrogen-bond acceptors (Lipinski definition) is 8. The molecule has 1 aliphatic rings. The number of aryl methyl sites for hydroxylation is 2. The van der Waals surface area contributed by atoms with Gasteiger partial charge in [-0.3, -0.25) is 14.6 Å². The summed E-state index contributed by atoms with van der Waals surface area (Å²) in [5, 5.41) is 15.4. The number of carbonyl (C=O) groups excluding carboxylic acids is 1. The fraction of sp³-hybridized carbons (Fsp3) is 0.258. The zero-order chi connectivity index (χ0) is 29.1. The van der Waals surface area contributed by atoms with Crippen LogP contribution in [0.25, 0.3) is 10.9 Å². The third kappa shape index (κ3) is 5.86. The molecule has 11 nitrogen and oxygen atoms in total. The van der Waals surface area contributed by atoms with Crippen molar-refractivity contribution in [1.29, 1.82) is 0 Å². The van der Waals surface area contributed by atoms with Crippen LogP contribution in [0.3, 0.4) is 0 Å². The van der Waals surface area contributed by atoms with Gasteiger partial charge in [0, 0.05) is 61.7 Å². The highest BCUT2D eigenvalue weighted by Gasteiger charge is 2.18. The third-order valence-corrected chi connectivity index (χ3v) is 7.38. The van der Waals surface area contributed by atoms with Crippen molar-refractivity contribution in [2.75, 3.05) is 53.7 Å². The average Bonchev–Trinajstić information content (AvgIpc) is 3.33. The van der Waals surface area contributed by atoms with Gasteiger partial charge in [-0.2, -0.15) is 5.10 Å². The lowest BCUT2D eigenvalue weighted by Crippen LogP contribution is -2.43. The van der Waals surface area contributed by atoms with Gasteiger partial charge in [-0.15, -0.1) is 0 Å². The van der Waals surface area contributed by atoms with Crippen LogP contribution < -0.4 is 25.8 Å². The first-order chi connectivity index (χ1) is 20.4. The maximum atomic E-state index is 13.3. The van der Waals surface area contributed by atoms with Crippen molar-refractivity contribution in [3.05, 3.63) is 90.1 Å². The quantitative estimate of drug-likeness (QED) is 0.261. The summed E-state index contributed by atoms with van der Waals surface area (Å²) in [6.45, 7) is 8.45. The molecule has 2 amide bonds. The van der Waals surface area contributed by atoms with E-state index < -0.39 is 0 Å². The minimum absolute atomic E-state index is 0.319. The topological polar surface area (TPSA) is 116 Å². The van der Waals surface area contributed by atoms with Gasteiger partial charge in [-0.1, -0.05) is 12.1 Å². The number of amides is 2. The van der Waals surface area contributed by atoms with Gasteiger partial charge < -0.3 is 20.9 Å². The normalized spacial score (nSPS) is 13.3. The predicted molar refractivity (Wildman–Crippen MR) is 167 cm³/mol. The molecule has 11 heteroatoms. The summed E-state index contributed by atoms with van der Waals surface area (Å²) in [6.07, 6.45) is 1.45. The number of carbonyl (C=O) groups is 1. The van der Waals surface area contributed by atoms with E-state index in [1.54, 1.807) is 13.1 Å². The molecule has 3 aromatic heterocycles. The number of pyridine rings is 1. The SMILES string of the molecule is Cc1cccc(Cn2nc(C)c3c(NC(=O)N(C)c4cc(Nc5ccc(N6CCNCC6)cc5)ncn4)cccc32)n1. The summed E-state index contributed by atoms with van der Waals surface area (Å²) in [6, 6.07) is 21.5. The summed E-state index contributed by atoms with van der Waals surface area (Å²) in [5.74, 6) is 1.06. The summed E-state index contributed by atoms with van der Waals surface area (Å²) >= 11 is 0. The second-order valence-corrected chi connectivity index (χ2v) is 10.4.